The van der Waals surface area contributed by atoms with Gasteiger partial charge in [0.25, 0.3) is 0 Å². The Balaban J connectivity index is 1.25. The van der Waals surface area contributed by atoms with Crippen LogP contribution in [0.3, 0.4) is 0 Å². The normalized spacial score (nSPS) is 41.3. The van der Waals surface area contributed by atoms with E-state index in [1.54, 1.807) is 5.56 Å². The Hall–Kier alpha value is -1.00. The van der Waals surface area contributed by atoms with E-state index in [0.717, 1.165) is 49.9 Å². The fourth-order valence-corrected chi connectivity index (χ4v) is 9.31. The first-order valence-corrected chi connectivity index (χ1v) is 14.0. The summed E-state index contributed by atoms with van der Waals surface area (Å²) in [6, 6.07) is 12.1. The molecule has 31 heavy (non-hydrogen) atoms. The minimum Gasteiger partial charge on any atom is -0.353 e. The average Bonchev–Trinajstić information content (AvgIpc) is 2.75. The summed E-state index contributed by atoms with van der Waals surface area (Å²) in [4.78, 5) is 12.7. The monoisotopic (exact) mass is 440 g/mol. The van der Waals surface area contributed by atoms with Gasteiger partial charge in [0.15, 0.2) is 0 Å². The molecule has 5 aliphatic rings. The van der Waals surface area contributed by atoms with Gasteiger partial charge < -0.3 is 11.1 Å². The molecule has 0 aromatic heterocycles. The molecule has 5 aliphatic carbocycles. The Labute approximate surface area is 192 Å². The second kappa shape index (κ2) is 8.74. The summed E-state index contributed by atoms with van der Waals surface area (Å²) in [5.41, 5.74) is 8.53. The van der Waals surface area contributed by atoms with E-state index < -0.39 is 0 Å². The van der Waals surface area contributed by atoms with Crippen molar-refractivity contribution in [3.05, 3.63) is 35.9 Å². The van der Waals surface area contributed by atoms with Gasteiger partial charge in [-0.2, -0.15) is 11.8 Å². The SMILES string of the molecule is CSCC12CC3CC(c4ccccc4)(CC(C1)C3CCC(=O)N[C@H]1CC[C@H](N)CC1)C2. The molecule has 1 aromatic carbocycles. The summed E-state index contributed by atoms with van der Waals surface area (Å²) in [5.74, 6) is 3.94. The Morgan fingerprint density at radius 3 is 2.39 bits per heavy atom. The fourth-order valence-electron chi connectivity index (χ4n) is 8.36. The van der Waals surface area contributed by atoms with E-state index in [2.05, 4.69) is 41.9 Å². The number of rotatable bonds is 7. The Morgan fingerprint density at radius 2 is 1.74 bits per heavy atom. The molecule has 0 aliphatic heterocycles. The predicted octanol–water partition coefficient (Wildman–Crippen LogP) is 5.28. The molecule has 3 N–H and O–H groups in total. The van der Waals surface area contributed by atoms with Crippen molar-refractivity contribution in [3.8, 4) is 0 Å². The van der Waals surface area contributed by atoms with Gasteiger partial charge in [-0.25, -0.2) is 0 Å². The van der Waals surface area contributed by atoms with E-state index >= 15 is 0 Å². The summed E-state index contributed by atoms with van der Waals surface area (Å²) < 4.78 is 0. The van der Waals surface area contributed by atoms with Crippen molar-refractivity contribution in [1.29, 1.82) is 0 Å². The number of amides is 1. The van der Waals surface area contributed by atoms with Gasteiger partial charge in [-0.15, -0.1) is 0 Å². The second-order valence-corrected chi connectivity index (χ2v) is 12.3. The van der Waals surface area contributed by atoms with Crippen molar-refractivity contribution in [2.24, 2.45) is 28.9 Å². The molecule has 2 unspecified atom stereocenters. The number of nitrogens with two attached hydrogens (primary N) is 1. The largest absolute Gasteiger partial charge is 0.353 e. The molecule has 1 amide bonds. The van der Waals surface area contributed by atoms with Crippen LogP contribution in [0.4, 0.5) is 0 Å². The summed E-state index contributed by atoms with van der Waals surface area (Å²) in [6.07, 6.45) is 15.2. The van der Waals surface area contributed by atoms with E-state index in [1.807, 2.05) is 11.8 Å². The molecule has 5 saturated carbocycles. The van der Waals surface area contributed by atoms with E-state index in [4.69, 9.17) is 5.73 Å². The fraction of sp³-hybridized carbons (Fsp3) is 0.741. The highest BCUT2D eigenvalue weighted by atomic mass is 32.2. The number of thioether (sulfide) groups is 1. The molecule has 170 valence electrons. The van der Waals surface area contributed by atoms with Crippen LogP contribution >= 0.6 is 11.8 Å². The lowest BCUT2D eigenvalue weighted by Crippen LogP contribution is -2.58. The average molecular weight is 441 g/mol. The second-order valence-electron chi connectivity index (χ2n) is 11.5. The van der Waals surface area contributed by atoms with Crippen LogP contribution in [0.15, 0.2) is 30.3 Å². The molecule has 3 nitrogen and oxygen atoms in total. The molecule has 0 saturated heterocycles. The topological polar surface area (TPSA) is 55.1 Å². The molecule has 1 aromatic rings. The van der Waals surface area contributed by atoms with E-state index in [9.17, 15) is 4.79 Å². The lowest BCUT2D eigenvalue weighted by Gasteiger charge is -2.65. The molecule has 0 heterocycles. The maximum atomic E-state index is 12.7. The minimum absolute atomic E-state index is 0.283. The van der Waals surface area contributed by atoms with Crippen LogP contribution in [0, 0.1) is 23.2 Å². The highest BCUT2D eigenvalue weighted by Crippen LogP contribution is 2.68. The molecular formula is C27H40N2OS. The van der Waals surface area contributed by atoms with Gasteiger partial charge in [-0.3, -0.25) is 4.79 Å². The van der Waals surface area contributed by atoms with E-state index in [1.165, 1.54) is 37.9 Å². The molecule has 5 fully saturated rings. The van der Waals surface area contributed by atoms with Gasteiger partial charge in [0.1, 0.15) is 0 Å². The molecule has 0 spiro atoms. The Morgan fingerprint density at radius 1 is 1.06 bits per heavy atom. The van der Waals surface area contributed by atoms with Gasteiger partial charge >= 0.3 is 0 Å². The van der Waals surface area contributed by atoms with Crippen LogP contribution in [0.25, 0.3) is 0 Å². The van der Waals surface area contributed by atoms with Crippen molar-refractivity contribution in [1.82, 2.24) is 5.32 Å². The number of nitrogens with one attached hydrogen (secondary N) is 1. The molecular weight excluding hydrogens is 400 g/mol. The van der Waals surface area contributed by atoms with Gasteiger partial charge in [0.05, 0.1) is 0 Å². The summed E-state index contributed by atoms with van der Waals surface area (Å²) in [6.45, 7) is 0. The van der Waals surface area contributed by atoms with Crippen molar-refractivity contribution in [2.75, 3.05) is 12.0 Å². The summed E-state index contributed by atoms with van der Waals surface area (Å²) >= 11 is 2.05. The molecule has 4 heteroatoms. The highest BCUT2D eigenvalue weighted by Gasteiger charge is 2.60. The van der Waals surface area contributed by atoms with Crippen LogP contribution < -0.4 is 11.1 Å². The standard InChI is InChI=1S/C27H40N2OS/c1-31-18-26-13-19-15-27(17-26,21-5-3-2-4-6-21)16-20(14-26)24(19)11-12-25(30)29-23-9-7-22(28)8-10-23/h2-6,19-20,22-24H,7-18,28H2,1H3,(H,29,30)/t19?,20?,22-,23-,24?,26?,27?. The Kier molecular flexibility index (Phi) is 6.15. The zero-order valence-corrected chi connectivity index (χ0v) is 20.0. The predicted molar refractivity (Wildman–Crippen MR) is 130 cm³/mol. The molecule has 2 atom stereocenters. The van der Waals surface area contributed by atoms with Gasteiger partial charge in [0, 0.05) is 18.5 Å². The number of benzene rings is 1. The van der Waals surface area contributed by atoms with Crippen LogP contribution in [0.2, 0.25) is 0 Å². The first-order chi connectivity index (χ1) is 15.0. The lowest BCUT2D eigenvalue weighted by molar-refractivity contribution is -0.125. The maximum Gasteiger partial charge on any atom is 0.220 e. The van der Waals surface area contributed by atoms with E-state index in [-0.39, 0.29) is 5.91 Å². The van der Waals surface area contributed by atoms with E-state index in [0.29, 0.717) is 29.3 Å². The van der Waals surface area contributed by atoms with Gasteiger partial charge in [-0.05, 0) is 110 Å². The zero-order valence-electron chi connectivity index (χ0n) is 19.2. The number of carbonyl (C=O) groups excluding carboxylic acids is 1. The van der Waals surface area contributed by atoms with Crippen LogP contribution in [-0.2, 0) is 10.2 Å². The van der Waals surface area contributed by atoms with Crippen molar-refractivity contribution < 1.29 is 4.79 Å². The molecule has 6 rings (SSSR count). The smallest absolute Gasteiger partial charge is 0.220 e. The first-order valence-electron chi connectivity index (χ1n) is 12.6. The molecule has 4 bridgehead atoms. The minimum atomic E-state index is 0.283. The Bertz CT molecular complexity index is 757. The zero-order chi connectivity index (χ0) is 21.5. The van der Waals surface area contributed by atoms with Crippen LogP contribution in [0.5, 0.6) is 0 Å². The highest BCUT2D eigenvalue weighted by molar-refractivity contribution is 7.98. The number of hydrogen-bond donors (Lipinski definition) is 2. The van der Waals surface area contributed by atoms with Crippen LogP contribution in [-0.4, -0.2) is 30.0 Å². The van der Waals surface area contributed by atoms with Crippen LogP contribution in [0.1, 0.15) is 76.2 Å². The van der Waals surface area contributed by atoms with Gasteiger partial charge in [0.2, 0.25) is 5.91 Å². The van der Waals surface area contributed by atoms with Crippen molar-refractivity contribution in [3.63, 3.8) is 0 Å². The van der Waals surface area contributed by atoms with Crippen molar-refractivity contribution in [2.45, 2.75) is 88.1 Å². The summed E-state index contributed by atoms with van der Waals surface area (Å²) in [7, 11) is 0. The van der Waals surface area contributed by atoms with Gasteiger partial charge in [-0.1, -0.05) is 30.3 Å². The lowest BCUT2D eigenvalue weighted by atomic mass is 9.40. The summed E-state index contributed by atoms with van der Waals surface area (Å²) in [5, 5.41) is 3.33. The maximum absolute atomic E-state index is 12.7. The molecule has 0 radical (unpaired) electrons. The third kappa shape index (κ3) is 4.31. The number of carbonyl (C=O) groups is 1. The van der Waals surface area contributed by atoms with Crippen molar-refractivity contribution >= 4 is 17.7 Å². The number of hydrogen-bond acceptors (Lipinski definition) is 3. The third-order valence-electron chi connectivity index (χ3n) is 9.30. The quantitative estimate of drug-likeness (QED) is 0.606. The third-order valence-corrected chi connectivity index (χ3v) is 10.2. The first kappa shape index (κ1) is 21.8.